The van der Waals surface area contributed by atoms with E-state index in [-0.39, 0.29) is 11.7 Å². The molecule has 162 valence electrons. The van der Waals surface area contributed by atoms with Gasteiger partial charge in [-0.2, -0.15) is 5.26 Å². The third kappa shape index (κ3) is 6.68. The average Bonchev–Trinajstić information content (AvgIpc) is 2.73. The van der Waals surface area contributed by atoms with Gasteiger partial charge in [-0.05, 0) is 62.4 Å². The first-order valence-corrected chi connectivity index (χ1v) is 9.84. The summed E-state index contributed by atoms with van der Waals surface area (Å²) >= 11 is 0. The van der Waals surface area contributed by atoms with Crippen molar-refractivity contribution in [3.63, 3.8) is 0 Å². The molecule has 0 heterocycles. The molecule has 0 saturated carbocycles. The van der Waals surface area contributed by atoms with E-state index >= 15 is 0 Å². The molecular weight excluding hydrogens is 396 g/mol. The van der Waals surface area contributed by atoms with Crippen molar-refractivity contribution in [2.45, 2.75) is 46.8 Å². The Morgan fingerprint density at radius 2 is 1.52 bits per heavy atom. The van der Waals surface area contributed by atoms with E-state index in [0.29, 0.717) is 22.6 Å². The van der Waals surface area contributed by atoms with Crippen molar-refractivity contribution in [2.75, 3.05) is 5.32 Å². The molecule has 0 fully saturated rings. The van der Waals surface area contributed by atoms with Crippen LogP contribution < -0.4 is 10.1 Å². The van der Waals surface area contributed by atoms with Crippen molar-refractivity contribution in [3.05, 3.63) is 59.7 Å². The van der Waals surface area contributed by atoms with E-state index in [1.54, 1.807) is 48.5 Å². The Morgan fingerprint density at radius 1 is 0.935 bits per heavy atom. The van der Waals surface area contributed by atoms with Crippen LogP contribution in [0.3, 0.4) is 0 Å². The number of nitriles is 1. The summed E-state index contributed by atoms with van der Waals surface area (Å²) in [6.45, 7) is 8.43. The molecule has 0 bridgehead atoms. The maximum Gasteiger partial charge on any atom is 0.347 e. The number of hydrogen-bond acceptors (Lipinski definition) is 6. The molecule has 2 aromatic carbocycles. The minimum atomic E-state index is -1.01. The molecule has 0 unspecified atom stereocenters. The lowest BCUT2D eigenvalue weighted by Crippen LogP contribution is -2.32. The molecule has 31 heavy (non-hydrogen) atoms. The second-order valence-corrected chi connectivity index (χ2v) is 8.12. The average molecular weight is 422 g/mol. The van der Waals surface area contributed by atoms with Gasteiger partial charge in [0, 0.05) is 16.7 Å². The number of esters is 1. The summed E-state index contributed by atoms with van der Waals surface area (Å²) < 4.78 is 10.8. The lowest BCUT2D eigenvalue weighted by atomic mass is 9.95. The number of nitrogens with one attached hydrogen (secondary N) is 1. The highest BCUT2D eigenvalue weighted by Crippen LogP contribution is 2.19. The van der Waals surface area contributed by atoms with Crippen LogP contribution in [-0.4, -0.2) is 29.9 Å². The molecule has 1 amide bonds. The summed E-state index contributed by atoms with van der Waals surface area (Å²) in [7, 11) is 0. The highest BCUT2D eigenvalue weighted by Gasteiger charge is 2.25. The number of carbonyl (C=O) groups is 3. The zero-order valence-corrected chi connectivity index (χ0v) is 18.3. The molecule has 0 aliphatic heterocycles. The minimum absolute atomic E-state index is 0.134. The van der Waals surface area contributed by atoms with Crippen LogP contribution in [0, 0.1) is 16.7 Å². The summed E-state index contributed by atoms with van der Waals surface area (Å²) in [5.41, 5.74) is 0.874. The number of nitrogens with zero attached hydrogens (tertiary/aromatic N) is 1. The first-order chi connectivity index (χ1) is 14.5. The van der Waals surface area contributed by atoms with Crippen LogP contribution in [0.2, 0.25) is 0 Å². The number of rotatable bonds is 7. The van der Waals surface area contributed by atoms with Crippen molar-refractivity contribution < 1.29 is 23.9 Å². The predicted molar refractivity (Wildman–Crippen MR) is 116 cm³/mol. The zero-order chi connectivity index (χ0) is 23.2. The molecule has 0 aromatic heterocycles. The molecular formula is C24H26N2O5. The van der Waals surface area contributed by atoms with Crippen molar-refractivity contribution in [1.82, 2.24) is 0 Å². The Labute approximate surface area is 182 Å². The first-order valence-electron chi connectivity index (χ1n) is 9.84. The van der Waals surface area contributed by atoms with Crippen LogP contribution >= 0.6 is 0 Å². The third-order valence-electron chi connectivity index (χ3n) is 4.40. The second-order valence-electron chi connectivity index (χ2n) is 8.12. The van der Waals surface area contributed by atoms with Gasteiger partial charge in [0.2, 0.25) is 11.7 Å². The van der Waals surface area contributed by atoms with E-state index in [2.05, 4.69) is 5.32 Å². The smallest absolute Gasteiger partial charge is 0.347 e. The summed E-state index contributed by atoms with van der Waals surface area (Å²) in [4.78, 5) is 36.9. The SMILES string of the molecule is C[C@H](Oc1ccc(C#N)cc1)C(=O)O[C@@H](C)C(=O)c1ccc(NC(=O)C(C)(C)C)cc1. The number of amides is 1. The van der Waals surface area contributed by atoms with Gasteiger partial charge >= 0.3 is 5.97 Å². The van der Waals surface area contributed by atoms with Crippen LogP contribution in [0.5, 0.6) is 5.75 Å². The number of ether oxygens (including phenoxy) is 2. The Morgan fingerprint density at radius 3 is 2.03 bits per heavy atom. The van der Waals surface area contributed by atoms with E-state index in [0.717, 1.165) is 0 Å². The lowest BCUT2D eigenvalue weighted by Gasteiger charge is -2.18. The van der Waals surface area contributed by atoms with E-state index in [1.165, 1.54) is 13.8 Å². The van der Waals surface area contributed by atoms with Crippen LogP contribution in [0.4, 0.5) is 5.69 Å². The summed E-state index contributed by atoms with van der Waals surface area (Å²) in [5, 5.41) is 11.6. The van der Waals surface area contributed by atoms with Crippen molar-refractivity contribution in [3.8, 4) is 11.8 Å². The minimum Gasteiger partial charge on any atom is -0.479 e. The molecule has 0 spiro atoms. The largest absolute Gasteiger partial charge is 0.479 e. The predicted octanol–water partition coefficient (Wildman–Crippen LogP) is 4.12. The second kappa shape index (κ2) is 9.90. The number of benzene rings is 2. The molecule has 2 aromatic rings. The van der Waals surface area contributed by atoms with Crippen LogP contribution in [0.15, 0.2) is 48.5 Å². The summed E-state index contributed by atoms with van der Waals surface area (Å²) in [5.74, 6) is -0.771. The molecule has 2 rings (SSSR count). The molecule has 0 aliphatic rings. The maximum atomic E-state index is 12.6. The van der Waals surface area contributed by atoms with Gasteiger partial charge in [0.25, 0.3) is 0 Å². The molecule has 0 radical (unpaired) electrons. The van der Waals surface area contributed by atoms with Crippen molar-refractivity contribution >= 4 is 23.3 Å². The number of ketones is 1. The Hall–Kier alpha value is -3.66. The topological polar surface area (TPSA) is 105 Å². The van der Waals surface area contributed by atoms with Crippen LogP contribution in [0.1, 0.15) is 50.5 Å². The van der Waals surface area contributed by atoms with E-state index in [4.69, 9.17) is 14.7 Å². The van der Waals surface area contributed by atoms with Gasteiger partial charge in [0.05, 0.1) is 11.6 Å². The number of anilines is 1. The number of hydrogen-bond donors (Lipinski definition) is 1. The number of Topliss-reactive ketones (excluding diaryl/α,β-unsaturated/α-hetero) is 1. The Bertz CT molecular complexity index is 983. The Kier molecular flexibility index (Phi) is 7.54. The van der Waals surface area contributed by atoms with Crippen LogP contribution in [0.25, 0.3) is 0 Å². The summed E-state index contributed by atoms with van der Waals surface area (Å²) in [6, 6.07) is 14.7. The standard InChI is InChI=1S/C24H26N2O5/c1-15(31-22(28)16(2)30-20-12-6-17(14-25)7-13-20)21(27)18-8-10-19(11-9-18)26-23(29)24(3,4)5/h6-13,15-16H,1-5H3,(H,26,29)/t15-,16-/m0/s1. The van der Waals surface area contributed by atoms with Gasteiger partial charge in [-0.3, -0.25) is 9.59 Å². The van der Waals surface area contributed by atoms with E-state index < -0.39 is 23.6 Å². The highest BCUT2D eigenvalue weighted by atomic mass is 16.6. The fourth-order valence-electron chi connectivity index (χ4n) is 2.45. The molecule has 7 nitrogen and oxygen atoms in total. The van der Waals surface area contributed by atoms with Gasteiger partial charge in [0.15, 0.2) is 12.2 Å². The molecule has 1 N–H and O–H groups in total. The van der Waals surface area contributed by atoms with Crippen LogP contribution in [-0.2, 0) is 14.3 Å². The molecule has 2 atom stereocenters. The monoisotopic (exact) mass is 422 g/mol. The fraction of sp³-hybridized carbons (Fsp3) is 0.333. The maximum absolute atomic E-state index is 12.6. The van der Waals surface area contributed by atoms with Gasteiger partial charge < -0.3 is 14.8 Å². The molecule has 0 saturated heterocycles. The van der Waals surface area contributed by atoms with E-state index in [1.807, 2.05) is 26.8 Å². The lowest BCUT2D eigenvalue weighted by molar-refractivity contribution is -0.153. The Balaban J connectivity index is 1.93. The first kappa shape index (κ1) is 23.6. The quantitative estimate of drug-likeness (QED) is 0.531. The fourth-order valence-corrected chi connectivity index (χ4v) is 2.45. The highest BCUT2D eigenvalue weighted by molar-refractivity contribution is 6.01. The van der Waals surface area contributed by atoms with Gasteiger partial charge in [-0.1, -0.05) is 20.8 Å². The van der Waals surface area contributed by atoms with Crippen molar-refractivity contribution in [2.24, 2.45) is 5.41 Å². The third-order valence-corrected chi connectivity index (χ3v) is 4.40. The van der Waals surface area contributed by atoms with Crippen molar-refractivity contribution in [1.29, 1.82) is 5.26 Å². The molecule has 7 heteroatoms. The van der Waals surface area contributed by atoms with Gasteiger partial charge in [-0.15, -0.1) is 0 Å². The molecule has 0 aliphatic carbocycles. The summed E-state index contributed by atoms with van der Waals surface area (Å²) in [6.07, 6.45) is -1.94. The van der Waals surface area contributed by atoms with E-state index in [9.17, 15) is 14.4 Å². The van der Waals surface area contributed by atoms with Gasteiger partial charge in [-0.25, -0.2) is 4.79 Å². The number of carbonyl (C=O) groups excluding carboxylic acids is 3. The normalized spacial score (nSPS) is 12.8. The zero-order valence-electron chi connectivity index (χ0n) is 18.3. The van der Waals surface area contributed by atoms with Gasteiger partial charge in [0.1, 0.15) is 5.75 Å².